The van der Waals surface area contributed by atoms with Crippen LogP contribution in [-0.4, -0.2) is 35.6 Å². The Balaban J connectivity index is 1.31. The predicted molar refractivity (Wildman–Crippen MR) is 88.6 cm³/mol. The number of fused-ring (bicyclic) bond motifs is 1. The Hall–Kier alpha value is -1.04. The summed E-state index contributed by atoms with van der Waals surface area (Å²) in [5, 5.41) is 4.82. The Kier molecular flexibility index (Phi) is 4.11. The Labute approximate surface area is 134 Å². The molecule has 0 radical (unpaired) electrons. The number of aromatic nitrogens is 1. The van der Waals surface area contributed by atoms with Crippen molar-refractivity contribution < 1.29 is 4.39 Å². The average Bonchev–Trinajstić information content (AvgIpc) is 3.26. The van der Waals surface area contributed by atoms with Crippen molar-refractivity contribution in [3.63, 3.8) is 0 Å². The summed E-state index contributed by atoms with van der Waals surface area (Å²) in [6.07, 6.45) is 5.30. The Morgan fingerprint density at radius 3 is 2.82 bits per heavy atom. The predicted octanol–water partition coefficient (Wildman–Crippen LogP) is 3.40. The van der Waals surface area contributed by atoms with E-state index in [2.05, 4.69) is 15.2 Å². The third kappa shape index (κ3) is 3.47. The van der Waals surface area contributed by atoms with Gasteiger partial charge in [0.05, 0.1) is 16.8 Å². The first-order valence-corrected chi connectivity index (χ1v) is 9.08. The van der Waals surface area contributed by atoms with E-state index in [1.165, 1.54) is 38.3 Å². The zero-order valence-electron chi connectivity index (χ0n) is 12.7. The van der Waals surface area contributed by atoms with Crippen LogP contribution < -0.4 is 5.32 Å². The highest BCUT2D eigenvalue weighted by molar-refractivity contribution is 7.18. The highest BCUT2D eigenvalue weighted by Crippen LogP contribution is 2.28. The van der Waals surface area contributed by atoms with Gasteiger partial charge in [0, 0.05) is 19.1 Å². The second-order valence-corrected chi connectivity index (χ2v) is 7.74. The second kappa shape index (κ2) is 6.22. The zero-order valence-corrected chi connectivity index (χ0v) is 13.5. The average molecular weight is 319 g/mol. The third-order valence-electron chi connectivity index (χ3n) is 4.73. The van der Waals surface area contributed by atoms with E-state index in [1.54, 1.807) is 23.5 Å². The molecule has 0 atom stereocenters. The lowest BCUT2D eigenvalue weighted by molar-refractivity contribution is 0.190. The van der Waals surface area contributed by atoms with Crippen LogP contribution in [0.1, 0.15) is 30.7 Å². The maximum Gasteiger partial charge on any atom is 0.124 e. The van der Waals surface area contributed by atoms with Crippen molar-refractivity contribution in [3.8, 4) is 0 Å². The van der Waals surface area contributed by atoms with E-state index in [0.29, 0.717) is 6.04 Å². The molecule has 0 unspecified atom stereocenters. The molecule has 2 aliphatic rings. The van der Waals surface area contributed by atoms with Crippen molar-refractivity contribution in [3.05, 3.63) is 29.0 Å². The first kappa shape index (κ1) is 14.5. The summed E-state index contributed by atoms with van der Waals surface area (Å²) in [4.78, 5) is 7.10. The Bertz CT molecular complexity index is 644. The number of thiazole rings is 1. The lowest BCUT2D eigenvalue weighted by atomic mass is 10.0. The number of piperidine rings is 1. The molecule has 1 saturated heterocycles. The molecule has 1 aromatic heterocycles. The molecule has 0 bridgehead atoms. The molecule has 0 amide bonds. The fraction of sp³-hybridized carbons (Fsp3) is 0.588. The van der Waals surface area contributed by atoms with E-state index in [9.17, 15) is 4.39 Å². The van der Waals surface area contributed by atoms with Gasteiger partial charge in [0.15, 0.2) is 0 Å². The van der Waals surface area contributed by atoms with Crippen LogP contribution in [0.25, 0.3) is 10.2 Å². The summed E-state index contributed by atoms with van der Waals surface area (Å²) in [6.45, 7) is 4.38. The maximum absolute atomic E-state index is 13.2. The molecule has 3 nitrogen and oxygen atoms in total. The quantitative estimate of drug-likeness (QED) is 0.915. The molecule has 1 aliphatic heterocycles. The largest absolute Gasteiger partial charge is 0.314 e. The van der Waals surface area contributed by atoms with Crippen LogP contribution >= 0.6 is 11.3 Å². The van der Waals surface area contributed by atoms with E-state index >= 15 is 0 Å². The number of hydrogen-bond acceptors (Lipinski definition) is 4. The fourth-order valence-electron chi connectivity index (χ4n) is 3.16. The number of benzene rings is 1. The van der Waals surface area contributed by atoms with Gasteiger partial charge >= 0.3 is 0 Å². The topological polar surface area (TPSA) is 28.2 Å². The van der Waals surface area contributed by atoms with Crippen LogP contribution in [0.5, 0.6) is 0 Å². The van der Waals surface area contributed by atoms with Gasteiger partial charge in [-0.05, 0) is 56.3 Å². The van der Waals surface area contributed by atoms with E-state index in [1.807, 2.05) is 0 Å². The maximum atomic E-state index is 13.2. The van der Waals surface area contributed by atoms with Gasteiger partial charge in [-0.15, -0.1) is 11.3 Å². The van der Waals surface area contributed by atoms with Crippen LogP contribution in [0.3, 0.4) is 0 Å². The highest BCUT2D eigenvalue weighted by atomic mass is 32.1. The number of halogens is 1. The van der Waals surface area contributed by atoms with Gasteiger partial charge in [-0.25, -0.2) is 9.37 Å². The van der Waals surface area contributed by atoms with Crippen LogP contribution in [-0.2, 0) is 6.54 Å². The molecule has 2 fully saturated rings. The minimum absolute atomic E-state index is 0.176. The van der Waals surface area contributed by atoms with Crippen LogP contribution in [0.2, 0.25) is 0 Å². The van der Waals surface area contributed by atoms with Crippen molar-refractivity contribution in [2.75, 3.05) is 19.6 Å². The van der Waals surface area contributed by atoms with Crippen molar-refractivity contribution >= 4 is 21.6 Å². The summed E-state index contributed by atoms with van der Waals surface area (Å²) >= 11 is 1.62. The number of hydrogen-bond donors (Lipinski definition) is 1. The molecule has 0 spiro atoms. The monoisotopic (exact) mass is 319 g/mol. The van der Waals surface area contributed by atoms with Gasteiger partial charge in [0.2, 0.25) is 0 Å². The molecule has 1 N–H and O–H groups in total. The van der Waals surface area contributed by atoms with E-state index in [4.69, 9.17) is 0 Å². The van der Waals surface area contributed by atoms with Gasteiger partial charge in [0.25, 0.3) is 0 Å². The standard InChI is InChI=1S/C17H22FN3S/c18-13-3-4-15-16(9-13)22-17(20-15)11-21-7-5-14(6-8-21)19-10-12-1-2-12/h3-4,9,12,14,19H,1-2,5-8,10-11H2. The lowest BCUT2D eigenvalue weighted by Crippen LogP contribution is -2.42. The Morgan fingerprint density at radius 2 is 2.05 bits per heavy atom. The third-order valence-corrected chi connectivity index (χ3v) is 5.74. The summed E-state index contributed by atoms with van der Waals surface area (Å²) < 4.78 is 14.2. The molecule has 2 aromatic rings. The van der Waals surface area contributed by atoms with E-state index in [-0.39, 0.29) is 5.82 Å². The minimum atomic E-state index is -0.176. The molecule has 22 heavy (non-hydrogen) atoms. The summed E-state index contributed by atoms with van der Waals surface area (Å²) in [5.41, 5.74) is 0.919. The number of rotatable bonds is 5. The SMILES string of the molecule is Fc1ccc2nc(CN3CCC(NCC4CC4)CC3)sc2c1. The molecular formula is C17H22FN3S. The van der Waals surface area contributed by atoms with Crippen LogP contribution in [0, 0.1) is 11.7 Å². The molecule has 118 valence electrons. The molecule has 2 heterocycles. The number of nitrogens with one attached hydrogen (secondary N) is 1. The van der Waals surface area contributed by atoms with Gasteiger partial charge in [-0.3, -0.25) is 4.90 Å². The molecule has 1 aromatic carbocycles. The van der Waals surface area contributed by atoms with Crippen molar-refractivity contribution in [2.24, 2.45) is 5.92 Å². The Morgan fingerprint density at radius 1 is 1.23 bits per heavy atom. The normalized spacial score (nSPS) is 20.8. The van der Waals surface area contributed by atoms with Gasteiger partial charge in [-0.1, -0.05) is 0 Å². The highest BCUT2D eigenvalue weighted by Gasteiger charge is 2.24. The molecule has 1 saturated carbocycles. The smallest absolute Gasteiger partial charge is 0.124 e. The van der Waals surface area contributed by atoms with Crippen LogP contribution in [0.15, 0.2) is 18.2 Å². The van der Waals surface area contributed by atoms with Crippen molar-refractivity contribution in [1.29, 1.82) is 0 Å². The number of likely N-dealkylation sites (tertiary alicyclic amines) is 1. The van der Waals surface area contributed by atoms with Crippen LogP contribution in [0.4, 0.5) is 4.39 Å². The van der Waals surface area contributed by atoms with Gasteiger partial charge < -0.3 is 5.32 Å². The fourth-order valence-corrected chi connectivity index (χ4v) is 4.19. The zero-order chi connectivity index (χ0) is 14.9. The molecule has 4 rings (SSSR count). The number of nitrogens with zero attached hydrogens (tertiary/aromatic N) is 2. The van der Waals surface area contributed by atoms with E-state index < -0.39 is 0 Å². The molecule has 5 heteroatoms. The first-order chi connectivity index (χ1) is 10.8. The summed E-state index contributed by atoms with van der Waals surface area (Å²) in [6, 6.07) is 5.55. The second-order valence-electron chi connectivity index (χ2n) is 6.62. The lowest BCUT2D eigenvalue weighted by Gasteiger charge is -2.31. The molecular weight excluding hydrogens is 297 g/mol. The summed E-state index contributed by atoms with van der Waals surface area (Å²) in [7, 11) is 0. The van der Waals surface area contributed by atoms with Gasteiger partial charge in [-0.2, -0.15) is 0 Å². The van der Waals surface area contributed by atoms with Gasteiger partial charge in [0.1, 0.15) is 10.8 Å². The summed E-state index contributed by atoms with van der Waals surface area (Å²) in [5.74, 6) is 0.784. The van der Waals surface area contributed by atoms with Crippen molar-refractivity contribution in [2.45, 2.75) is 38.3 Å². The molecule has 1 aliphatic carbocycles. The first-order valence-electron chi connectivity index (χ1n) is 8.27. The van der Waals surface area contributed by atoms with E-state index in [0.717, 1.165) is 40.8 Å². The van der Waals surface area contributed by atoms with Crippen molar-refractivity contribution in [1.82, 2.24) is 15.2 Å². The minimum Gasteiger partial charge on any atom is -0.314 e.